The Hall–Kier alpha value is -0.660. The first-order valence-electron chi connectivity index (χ1n) is 7.40. The molecule has 0 aromatic rings. The molecule has 7 heteroatoms. The van der Waals surface area contributed by atoms with Gasteiger partial charge in [-0.25, -0.2) is 13.1 Å². The van der Waals surface area contributed by atoms with E-state index in [1.165, 1.54) is 6.26 Å². The van der Waals surface area contributed by atoms with Crippen molar-refractivity contribution in [3.05, 3.63) is 0 Å². The smallest absolute Gasteiger partial charge is 0.225 e. The van der Waals surface area contributed by atoms with E-state index >= 15 is 0 Å². The highest BCUT2D eigenvalue weighted by Gasteiger charge is 2.29. The summed E-state index contributed by atoms with van der Waals surface area (Å²) in [7, 11) is -3.14. The molecule has 116 valence electrons. The van der Waals surface area contributed by atoms with E-state index in [2.05, 4.69) is 10.0 Å². The Kier molecular flexibility index (Phi) is 5.40. The second-order valence-corrected chi connectivity index (χ2v) is 7.77. The standard InChI is InChI=1S/C13H25N3O3S/c1-20(18,19)15-9-11-3-2-8-16(10-11)13(17)12-4-6-14-7-5-12/h11-12,14-15H,2-10H2,1H3. The highest BCUT2D eigenvalue weighted by Crippen LogP contribution is 2.21. The molecule has 1 atom stereocenters. The third kappa shape index (κ3) is 4.71. The predicted molar refractivity (Wildman–Crippen MR) is 77.7 cm³/mol. The molecule has 2 aliphatic heterocycles. The lowest BCUT2D eigenvalue weighted by atomic mass is 9.93. The van der Waals surface area contributed by atoms with E-state index in [1.54, 1.807) is 0 Å². The van der Waals surface area contributed by atoms with Gasteiger partial charge in [0.2, 0.25) is 15.9 Å². The fraction of sp³-hybridized carbons (Fsp3) is 0.923. The van der Waals surface area contributed by atoms with Gasteiger partial charge in [-0.15, -0.1) is 0 Å². The molecule has 2 aliphatic rings. The molecule has 2 rings (SSSR count). The van der Waals surface area contributed by atoms with Gasteiger partial charge in [-0.1, -0.05) is 0 Å². The van der Waals surface area contributed by atoms with Gasteiger partial charge in [0.15, 0.2) is 0 Å². The van der Waals surface area contributed by atoms with Crippen LogP contribution < -0.4 is 10.0 Å². The highest BCUT2D eigenvalue weighted by molar-refractivity contribution is 7.88. The van der Waals surface area contributed by atoms with Crippen molar-refractivity contribution in [2.75, 3.05) is 39.0 Å². The fourth-order valence-corrected chi connectivity index (χ4v) is 3.57. The van der Waals surface area contributed by atoms with Crippen LogP contribution in [0.4, 0.5) is 0 Å². The fourth-order valence-electron chi connectivity index (χ4n) is 3.03. The Balaban J connectivity index is 1.84. The summed E-state index contributed by atoms with van der Waals surface area (Å²) in [5.41, 5.74) is 0. The molecular weight excluding hydrogens is 278 g/mol. The van der Waals surface area contributed by atoms with Gasteiger partial charge < -0.3 is 10.2 Å². The molecule has 0 radical (unpaired) electrons. The first-order chi connectivity index (χ1) is 9.46. The van der Waals surface area contributed by atoms with Crippen LogP contribution in [-0.2, 0) is 14.8 Å². The maximum Gasteiger partial charge on any atom is 0.225 e. The minimum Gasteiger partial charge on any atom is -0.342 e. The minimum absolute atomic E-state index is 0.151. The van der Waals surface area contributed by atoms with Gasteiger partial charge in [-0.3, -0.25) is 4.79 Å². The Morgan fingerprint density at radius 3 is 2.65 bits per heavy atom. The number of nitrogens with one attached hydrogen (secondary N) is 2. The lowest BCUT2D eigenvalue weighted by molar-refractivity contribution is -0.138. The van der Waals surface area contributed by atoms with Crippen LogP contribution in [0.5, 0.6) is 0 Å². The lowest BCUT2D eigenvalue weighted by Crippen LogP contribution is -2.47. The first-order valence-corrected chi connectivity index (χ1v) is 9.29. The zero-order valence-corrected chi connectivity index (χ0v) is 12.9. The first kappa shape index (κ1) is 15.7. The normalized spacial score (nSPS) is 25.6. The number of carbonyl (C=O) groups is 1. The minimum atomic E-state index is -3.14. The van der Waals surface area contributed by atoms with Crippen molar-refractivity contribution in [2.24, 2.45) is 11.8 Å². The second-order valence-electron chi connectivity index (χ2n) is 5.94. The summed E-state index contributed by atoms with van der Waals surface area (Å²) >= 11 is 0. The van der Waals surface area contributed by atoms with E-state index in [1.807, 2.05) is 4.90 Å². The van der Waals surface area contributed by atoms with E-state index in [0.29, 0.717) is 13.1 Å². The zero-order valence-electron chi connectivity index (χ0n) is 12.1. The number of sulfonamides is 1. The summed E-state index contributed by atoms with van der Waals surface area (Å²) in [6.07, 6.45) is 4.96. The van der Waals surface area contributed by atoms with Gasteiger partial charge in [0.25, 0.3) is 0 Å². The van der Waals surface area contributed by atoms with Crippen LogP contribution >= 0.6 is 0 Å². The van der Waals surface area contributed by atoms with Crippen LogP contribution in [0.15, 0.2) is 0 Å². The largest absolute Gasteiger partial charge is 0.342 e. The number of rotatable bonds is 4. The highest BCUT2D eigenvalue weighted by atomic mass is 32.2. The Labute approximate surface area is 121 Å². The zero-order chi connectivity index (χ0) is 14.6. The van der Waals surface area contributed by atoms with Gasteiger partial charge in [0, 0.05) is 25.6 Å². The number of hydrogen-bond donors (Lipinski definition) is 2. The summed E-state index contributed by atoms with van der Waals surface area (Å²) in [4.78, 5) is 14.4. The van der Waals surface area contributed by atoms with Gasteiger partial charge in [-0.2, -0.15) is 0 Å². The van der Waals surface area contributed by atoms with Crippen molar-refractivity contribution in [3.63, 3.8) is 0 Å². The average molecular weight is 303 g/mol. The van der Waals surface area contributed by atoms with Gasteiger partial charge in [-0.05, 0) is 44.7 Å². The molecule has 2 heterocycles. The molecule has 0 saturated carbocycles. The molecule has 2 N–H and O–H groups in total. The van der Waals surface area contributed by atoms with Crippen LogP contribution in [-0.4, -0.2) is 58.2 Å². The Morgan fingerprint density at radius 1 is 1.30 bits per heavy atom. The second kappa shape index (κ2) is 6.87. The van der Waals surface area contributed by atoms with Crippen molar-refractivity contribution in [3.8, 4) is 0 Å². The summed E-state index contributed by atoms with van der Waals surface area (Å²) in [5, 5.41) is 3.27. The summed E-state index contributed by atoms with van der Waals surface area (Å²) in [6.45, 7) is 3.78. The van der Waals surface area contributed by atoms with Crippen molar-refractivity contribution >= 4 is 15.9 Å². The number of carbonyl (C=O) groups excluding carboxylic acids is 1. The molecule has 0 bridgehead atoms. The summed E-state index contributed by atoms with van der Waals surface area (Å²) in [6, 6.07) is 0. The van der Waals surface area contributed by atoms with Crippen molar-refractivity contribution in [2.45, 2.75) is 25.7 Å². The van der Waals surface area contributed by atoms with Crippen molar-refractivity contribution < 1.29 is 13.2 Å². The van der Waals surface area contributed by atoms with E-state index in [9.17, 15) is 13.2 Å². The molecule has 1 unspecified atom stereocenters. The van der Waals surface area contributed by atoms with E-state index in [0.717, 1.165) is 45.3 Å². The maximum absolute atomic E-state index is 12.5. The predicted octanol–water partition coefficient (Wildman–Crippen LogP) is -0.226. The number of amides is 1. The molecule has 6 nitrogen and oxygen atoms in total. The molecule has 1 amide bonds. The molecule has 0 aromatic carbocycles. The lowest BCUT2D eigenvalue weighted by Gasteiger charge is -2.36. The molecule has 0 aliphatic carbocycles. The average Bonchev–Trinajstić information content (AvgIpc) is 2.45. The van der Waals surface area contributed by atoms with Gasteiger partial charge >= 0.3 is 0 Å². The number of piperidine rings is 2. The third-order valence-electron chi connectivity index (χ3n) is 4.15. The summed E-state index contributed by atoms with van der Waals surface area (Å²) < 4.78 is 24.8. The van der Waals surface area contributed by atoms with E-state index in [4.69, 9.17) is 0 Å². The molecule has 2 saturated heterocycles. The van der Waals surface area contributed by atoms with E-state index in [-0.39, 0.29) is 17.7 Å². The molecule has 0 aromatic heterocycles. The third-order valence-corrected chi connectivity index (χ3v) is 4.84. The van der Waals surface area contributed by atoms with Crippen LogP contribution in [0.25, 0.3) is 0 Å². The molecule has 20 heavy (non-hydrogen) atoms. The topological polar surface area (TPSA) is 78.5 Å². The van der Waals surface area contributed by atoms with Crippen molar-refractivity contribution in [1.82, 2.24) is 14.9 Å². The molecule has 0 spiro atoms. The quantitative estimate of drug-likeness (QED) is 0.752. The monoisotopic (exact) mass is 303 g/mol. The summed E-state index contributed by atoms with van der Waals surface area (Å²) in [5.74, 6) is 0.651. The van der Waals surface area contributed by atoms with Gasteiger partial charge in [0.05, 0.1) is 6.26 Å². The van der Waals surface area contributed by atoms with Gasteiger partial charge in [0.1, 0.15) is 0 Å². The number of hydrogen-bond acceptors (Lipinski definition) is 4. The molecular formula is C13H25N3O3S. The van der Waals surface area contributed by atoms with Crippen LogP contribution in [0.3, 0.4) is 0 Å². The Morgan fingerprint density at radius 2 is 2.00 bits per heavy atom. The molecule has 2 fully saturated rings. The van der Waals surface area contributed by atoms with Crippen LogP contribution in [0.1, 0.15) is 25.7 Å². The van der Waals surface area contributed by atoms with E-state index < -0.39 is 10.0 Å². The SMILES string of the molecule is CS(=O)(=O)NCC1CCCN(C(=O)C2CCNCC2)C1. The maximum atomic E-state index is 12.5. The van der Waals surface area contributed by atoms with Crippen molar-refractivity contribution in [1.29, 1.82) is 0 Å². The number of nitrogens with zero attached hydrogens (tertiary/aromatic N) is 1. The number of likely N-dealkylation sites (tertiary alicyclic amines) is 1. The van der Waals surface area contributed by atoms with Crippen LogP contribution in [0, 0.1) is 11.8 Å². The Bertz CT molecular complexity index is 432. The van der Waals surface area contributed by atoms with Crippen LogP contribution in [0.2, 0.25) is 0 Å².